The Labute approximate surface area is 196 Å². The van der Waals surface area contributed by atoms with Gasteiger partial charge in [0.2, 0.25) is 15.9 Å². The molecule has 1 saturated heterocycles. The van der Waals surface area contributed by atoms with Crippen LogP contribution in [0, 0.1) is 0 Å². The summed E-state index contributed by atoms with van der Waals surface area (Å²) < 4.78 is 94.0. The molecule has 0 atom stereocenters. The summed E-state index contributed by atoms with van der Waals surface area (Å²) in [6.07, 6.45) is -4.95. The number of alkyl halides is 5. The van der Waals surface area contributed by atoms with Crippen molar-refractivity contribution in [3.05, 3.63) is 35.4 Å². The molecule has 0 radical (unpaired) electrons. The summed E-state index contributed by atoms with van der Waals surface area (Å²) in [6, 6.07) is 4.42. The van der Waals surface area contributed by atoms with Gasteiger partial charge < -0.3 is 5.32 Å². The fraction of sp³-hybridized carbons (Fsp3) is 0.682. The largest absolute Gasteiger partial charge is 0.417 e. The van der Waals surface area contributed by atoms with Crippen molar-refractivity contribution >= 4 is 15.9 Å². The molecule has 0 bridgehead atoms. The van der Waals surface area contributed by atoms with E-state index in [-0.39, 0.29) is 38.2 Å². The third kappa shape index (κ3) is 6.06. The highest BCUT2D eigenvalue weighted by atomic mass is 32.2. The normalized spacial score (nSPS) is 21.8. The first kappa shape index (κ1) is 26.8. The van der Waals surface area contributed by atoms with E-state index >= 15 is 0 Å². The topological polar surface area (TPSA) is 69.7 Å². The lowest BCUT2D eigenvalue weighted by Gasteiger charge is -2.50. The zero-order valence-corrected chi connectivity index (χ0v) is 19.8. The van der Waals surface area contributed by atoms with E-state index in [9.17, 15) is 35.2 Å². The Morgan fingerprint density at radius 2 is 1.62 bits per heavy atom. The molecule has 1 amide bonds. The number of nitrogens with zero attached hydrogens (tertiary/aromatic N) is 2. The number of carbonyl (C=O) groups is 1. The quantitative estimate of drug-likeness (QED) is 0.567. The molecule has 34 heavy (non-hydrogen) atoms. The first-order valence-corrected chi connectivity index (χ1v) is 13.0. The summed E-state index contributed by atoms with van der Waals surface area (Å²) >= 11 is 0. The fourth-order valence-corrected chi connectivity index (χ4v) is 6.28. The molecule has 1 saturated carbocycles. The number of rotatable bonds is 7. The van der Waals surface area contributed by atoms with Crippen LogP contribution in [0.2, 0.25) is 0 Å². The monoisotopic (exact) mass is 511 g/mol. The van der Waals surface area contributed by atoms with Gasteiger partial charge >= 0.3 is 6.18 Å². The van der Waals surface area contributed by atoms with E-state index in [2.05, 4.69) is 5.32 Å². The van der Waals surface area contributed by atoms with Crippen molar-refractivity contribution < 1.29 is 35.2 Å². The van der Waals surface area contributed by atoms with Gasteiger partial charge in [-0.3, -0.25) is 9.69 Å². The molecule has 1 aromatic rings. The molecular weight excluding hydrogens is 481 g/mol. The third-order valence-corrected chi connectivity index (χ3v) is 8.81. The van der Waals surface area contributed by atoms with E-state index in [1.54, 1.807) is 6.92 Å². The molecule has 2 aliphatic rings. The van der Waals surface area contributed by atoms with Crippen LogP contribution in [0.25, 0.3) is 0 Å². The molecule has 1 aliphatic heterocycles. The van der Waals surface area contributed by atoms with Gasteiger partial charge in [0.15, 0.2) is 0 Å². The standard InChI is InChI=1S/C22H30F5N3O3S/c1-2-15-34(32,33)30-13-11-29(12-14-30)20(7-9-21(23,24)10-8-20)16-28-19(31)17-5-3-4-6-18(17)22(25,26)27/h3-6H,2,7-16H2,1H3,(H,28,31). The predicted octanol–water partition coefficient (Wildman–Crippen LogP) is 3.74. The van der Waals surface area contributed by atoms with Crippen LogP contribution in [-0.4, -0.2) is 73.5 Å². The number of amides is 1. The van der Waals surface area contributed by atoms with Gasteiger partial charge in [-0.15, -0.1) is 0 Å². The lowest BCUT2D eigenvalue weighted by atomic mass is 9.78. The molecule has 192 valence electrons. The van der Waals surface area contributed by atoms with Gasteiger partial charge in [-0.25, -0.2) is 17.2 Å². The van der Waals surface area contributed by atoms with Gasteiger partial charge in [-0.2, -0.15) is 17.5 Å². The Bertz CT molecular complexity index is 966. The SMILES string of the molecule is CCCS(=O)(=O)N1CCN(C2(CNC(=O)c3ccccc3C(F)(F)F)CCC(F)(F)CC2)CC1. The highest BCUT2D eigenvalue weighted by Crippen LogP contribution is 2.42. The zero-order valence-electron chi connectivity index (χ0n) is 19.0. The first-order valence-electron chi connectivity index (χ1n) is 11.3. The lowest BCUT2D eigenvalue weighted by Crippen LogP contribution is -2.63. The van der Waals surface area contributed by atoms with E-state index < -0.39 is 57.5 Å². The van der Waals surface area contributed by atoms with Crippen LogP contribution >= 0.6 is 0 Å². The van der Waals surface area contributed by atoms with Crippen molar-refractivity contribution in [3.8, 4) is 0 Å². The van der Waals surface area contributed by atoms with Gasteiger partial charge in [0, 0.05) is 51.1 Å². The van der Waals surface area contributed by atoms with Gasteiger partial charge in [0.25, 0.3) is 5.91 Å². The van der Waals surface area contributed by atoms with Crippen molar-refractivity contribution in [1.82, 2.24) is 14.5 Å². The Hall–Kier alpha value is -1.79. The minimum atomic E-state index is -4.71. The van der Waals surface area contributed by atoms with Gasteiger partial charge in [-0.1, -0.05) is 19.1 Å². The van der Waals surface area contributed by atoms with Gasteiger partial charge in [0.05, 0.1) is 16.9 Å². The summed E-state index contributed by atoms with van der Waals surface area (Å²) in [5, 5.41) is 2.55. The van der Waals surface area contributed by atoms with Crippen molar-refractivity contribution in [2.24, 2.45) is 0 Å². The van der Waals surface area contributed by atoms with Crippen LogP contribution in [0.4, 0.5) is 22.0 Å². The predicted molar refractivity (Wildman–Crippen MR) is 117 cm³/mol. The second kappa shape index (κ2) is 10.1. The molecule has 1 aromatic carbocycles. The molecule has 12 heteroatoms. The maximum Gasteiger partial charge on any atom is 0.417 e. The van der Waals surface area contributed by atoms with Crippen LogP contribution in [0.5, 0.6) is 0 Å². The number of hydrogen-bond donors (Lipinski definition) is 1. The van der Waals surface area contributed by atoms with Crippen molar-refractivity contribution in [3.63, 3.8) is 0 Å². The van der Waals surface area contributed by atoms with E-state index in [4.69, 9.17) is 0 Å². The highest BCUT2D eigenvalue weighted by molar-refractivity contribution is 7.89. The molecule has 0 aromatic heterocycles. The van der Waals surface area contributed by atoms with E-state index in [0.717, 1.165) is 12.1 Å². The number of benzene rings is 1. The van der Waals surface area contributed by atoms with E-state index in [0.29, 0.717) is 19.5 Å². The van der Waals surface area contributed by atoms with Crippen molar-refractivity contribution in [2.75, 3.05) is 38.5 Å². The second-order valence-electron chi connectivity index (χ2n) is 9.01. The Morgan fingerprint density at radius 3 is 2.18 bits per heavy atom. The summed E-state index contributed by atoms with van der Waals surface area (Å²) in [5.74, 6) is -3.74. The molecule has 6 nitrogen and oxygen atoms in total. The molecule has 0 unspecified atom stereocenters. The lowest BCUT2D eigenvalue weighted by molar-refractivity contribution is -0.138. The summed E-state index contributed by atoms with van der Waals surface area (Å²) in [4.78, 5) is 14.6. The van der Waals surface area contributed by atoms with Crippen molar-refractivity contribution in [2.45, 2.75) is 56.7 Å². The first-order chi connectivity index (χ1) is 15.8. The maximum absolute atomic E-state index is 13.9. The zero-order chi connectivity index (χ0) is 25.2. The van der Waals surface area contributed by atoms with Crippen LogP contribution < -0.4 is 5.32 Å². The fourth-order valence-electron chi connectivity index (χ4n) is 4.78. The van der Waals surface area contributed by atoms with Crippen LogP contribution in [0.1, 0.15) is 54.9 Å². The van der Waals surface area contributed by atoms with Gasteiger partial charge in [0.1, 0.15) is 0 Å². The third-order valence-electron chi connectivity index (χ3n) is 6.73. The summed E-state index contributed by atoms with van der Waals surface area (Å²) in [7, 11) is -3.40. The highest BCUT2D eigenvalue weighted by Gasteiger charge is 2.48. The molecule has 2 fully saturated rings. The average molecular weight is 512 g/mol. The number of carbonyl (C=O) groups excluding carboxylic acids is 1. The number of hydrogen-bond acceptors (Lipinski definition) is 4. The number of piperazine rings is 1. The van der Waals surface area contributed by atoms with Crippen LogP contribution in [-0.2, 0) is 16.2 Å². The average Bonchev–Trinajstić information content (AvgIpc) is 2.78. The smallest absolute Gasteiger partial charge is 0.350 e. The molecule has 0 spiro atoms. The Morgan fingerprint density at radius 1 is 1.03 bits per heavy atom. The minimum absolute atomic E-state index is 0.0268. The summed E-state index contributed by atoms with van der Waals surface area (Å²) in [5.41, 5.74) is -2.47. The van der Waals surface area contributed by atoms with E-state index in [1.165, 1.54) is 16.4 Å². The van der Waals surface area contributed by atoms with Crippen LogP contribution in [0.3, 0.4) is 0 Å². The number of halogens is 5. The molecular formula is C22H30F5N3O3S. The van der Waals surface area contributed by atoms with E-state index in [1.807, 2.05) is 4.90 Å². The number of sulfonamides is 1. The maximum atomic E-state index is 13.9. The summed E-state index contributed by atoms with van der Waals surface area (Å²) in [6.45, 7) is 2.66. The molecule has 3 rings (SSSR count). The Kier molecular flexibility index (Phi) is 7.93. The second-order valence-corrected chi connectivity index (χ2v) is 11.1. The minimum Gasteiger partial charge on any atom is -0.350 e. The molecule has 1 aliphatic carbocycles. The molecule has 1 N–H and O–H groups in total. The van der Waals surface area contributed by atoms with Crippen LogP contribution in [0.15, 0.2) is 24.3 Å². The number of nitrogens with one attached hydrogen (secondary N) is 1. The van der Waals surface area contributed by atoms with Gasteiger partial charge in [-0.05, 0) is 31.4 Å². The molecule has 1 heterocycles. The Balaban J connectivity index is 1.76. The van der Waals surface area contributed by atoms with Crippen molar-refractivity contribution in [1.29, 1.82) is 0 Å².